The van der Waals surface area contributed by atoms with Gasteiger partial charge < -0.3 is 24.6 Å². The Morgan fingerprint density at radius 1 is 0.897 bits per heavy atom. The lowest BCUT2D eigenvalue weighted by molar-refractivity contribution is -0.129. The molecule has 2 heterocycles. The molecule has 0 saturated carbocycles. The number of urea groups is 1. The molecule has 4 rings (SSSR count). The third-order valence-corrected chi connectivity index (χ3v) is 5.80. The largest absolute Gasteiger partial charge is 0.486 e. The molecule has 0 bridgehead atoms. The number of ether oxygens (including phenoxy) is 2. The average Bonchev–Trinajstić information content (AvgIpc) is 2.78. The Kier molecular flexibility index (Phi) is 6.09. The van der Waals surface area contributed by atoms with E-state index in [-0.39, 0.29) is 11.9 Å². The highest BCUT2D eigenvalue weighted by molar-refractivity contribution is 8.00. The van der Waals surface area contributed by atoms with E-state index < -0.39 is 0 Å². The number of fused-ring (bicyclic) bond motifs is 1. The second-order valence-electron chi connectivity index (χ2n) is 6.76. The minimum absolute atomic E-state index is 0.0769. The Morgan fingerprint density at radius 2 is 1.59 bits per heavy atom. The molecule has 0 spiro atoms. The van der Waals surface area contributed by atoms with Crippen LogP contribution < -0.4 is 14.8 Å². The number of nitrogens with one attached hydrogen (secondary N) is 1. The number of thioether (sulfide) groups is 1. The van der Waals surface area contributed by atoms with Crippen molar-refractivity contribution in [1.82, 2.24) is 9.80 Å². The minimum Gasteiger partial charge on any atom is -0.486 e. The van der Waals surface area contributed by atoms with Gasteiger partial charge in [-0.25, -0.2) is 4.79 Å². The van der Waals surface area contributed by atoms with Gasteiger partial charge in [-0.1, -0.05) is 18.2 Å². The number of rotatable bonds is 4. The fourth-order valence-electron chi connectivity index (χ4n) is 3.23. The van der Waals surface area contributed by atoms with Crippen molar-refractivity contribution in [1.29, 1.82) is 0 Å². The summed E-state index contributed by atoms with van der Waals surface area (Å²) < 4.78 is 11.1. The molecule has 0 radical (unpaired) electrons. The van der Waals surface area contributed by atoms with Crippen molar-refractivity contribution in [3.63, 3.8) is 0 Å². The molecule has 2 aromatic carbocycles. The van der Waals surface area contributed by atoms with Crippen LogP contribution in [-0.2, 0) is 4.79 Å². The van der Waals surface area contributed by atoms with E-state index in [4.69, 9.17) is 9.47 Å². The first-order valence-corrected chi connectivity index (χ1v) is 10.6. The van der Waals surface area contributed by atoms with Crippen LogP contribution in [0.5, 0.6) is 11.5 Å². The van der Waals surface area contributed by atoms with Crippen molar-refractivity contribution < 1.29 is 19.1 Å². The predicted octanol–water partition coefficient (Wildman–Crippen LogP) is 2.93. The van der Waals surface area contributed by atoms with Gasteiger partial charge >= 0.3 is 6.03 Å². The summed E-state index contributed by atoms with van der Waals surface area (Å²) in [7, 11) is 0. The Labute approximate surface area is 174 Å². The van der Waals surface area contributed by atoms with Gasteiger partial charge in [0, 0.05) is 36.8 Å². The number of nitrogens with zero attached hydrogens (tertiary/aromatic N) is 2. The Bertz CT molecular complexity index is 869. The van der Waals surface area contributed by atoms with E-state index in [1.54, 1.807) is 4.90 Å². The highest BCUT2D eigenvalue weighted by atomic mass is 32.2. The molecule has 29 heavy (non-hydrogen) atoms. The first kappa shape index (κ1) is 19.4. The normalized spacial score (nSPS) is 15.7. The van der Waals surface area contributed by atoms with Crippen LogP contribution in [0.1, 0.15) is 0 Å². The maximum atomic E-state index is 12.6. The molecule has 0 aromatic heterocycles. The van der Waals surface area contributed by atoms with Crippen molar-refractivity contribution in [2.24, 2.45) is 0 Å². The summed E-state index contributed by atoms with van der Waals surface area (Å²) in [6.45, 7) is 3.25. The van der Waals surface area contributed by atoms with Gasteiger partial charge in [0.05, 0.1) is 5.75 Å². The van der Waals surface area contributed by atoms with Crippen LogP contribution in [0.4, 0.5) is 10.5 Å². The zero-order valence-corrected chi connectivity index (χ0v) is 16.8. The van der Waals surface area contributed by atoms with Gasteiger partial charge in [-0.2, -0.15) is 0 Å². The Balaban J connectivity index is 1.23. The molecule has 3 amide bonds. The van der Waals surface area contributed by atoms with Crippen LogP contribution in [0, 0.1) is 0 Å². The summed E-state index contributed by atoms with van der Waals surface area (Å²) in [6, 6.07) is 15.0. The lowest BCUT2D eigenvalue weighted by Gasteiger charge is -2.34. The van der Waals surface area contributed by atoms with Crippen molar-refractivity contribution in [3.05, 3.63) is 48.5 Å². The number of benzene rings is 2. The van der Waals surface area contributed by atoms with Crippen LogP contribution in [0.3, 0.4) is 0 Å². The van der Waals surface area contributed by atoms with E-state index >= 15 is 0 Å². The van der Waals surface area contributed by atoms with E-state index in [0.29, 0.717) is 45.1 Å². The lowest BCUT2D eigenvalue weighted by Crippen LogP contribution is -2.52. The van der Waals surface area contributed by atoms with E-state index in [9.17, 15) is 9.59 Å². The third kappa shape index (κ3) is 4.95. The summed E-state index contributed by atoms with van der Waals surface area (Å²) in [5.74, 6) is 1.91. The summed E-state index contributed by atoms with van der Waals surface area (Å²) >= 11 is 1.48. The molecule has 8 heteroatoms. The molecule has 0 unspecified atom stereocenters. The number of hydrogen-bond acceptors (Lipinski definition) is 5. The first-order chi connectivity index (χ1) is 14.2. The van der Waals surface area contributed by atoms with Gasteiger partial charge in [0.15, 0.2) is 11.5 Å². The van der Waals surface area contributed by atoms with Gasteiger partial charge in [-0.05, 0) is 30.3 Å². The summed E-state index contributed by atoms with van der Waals surface area (Å²) in [4.78, 5) is 29.4. The molecule has 152 valence electrons. The maximum Gasteiger partial charge on any atom is 0.321 e. The summed E-state index contributed by atoms with van der Waals surface area (Å²) in [6.07, 6.45) is 0. The molecular formula is C21H23N3O4S. The molecule has 2 aromatic rings. The second-order valence-corrected chi connectivity index (χ2v) is 7.81. The van der Waals surface area contributed by atoms with E-state index in [2.05, 4.69) is 5.32 Å². The zero-order valence-electron chi connectivity index (χ0n) is 16.0. The molecular weight excluding hydrogens is 390 g/mol. The van der Waals surface area contributed by atoms with E-state index in [1.165, 1.54) is 11.8 Å². The first-order valence-electron chi connectivity index (χ1n) is 9.60. The van der Waals surface area contributed by atoms with Crippen molar-refractivity contribution >= 4 is 29.4 Å². The third-order valence-electron chi connectivity index (χ3n) is 4.82. The van der Waals surface area contributed by atoms with Crippen LogP contribution >= 0.6 is 11.8 Å². The SMILES string of the molecule is O=C(CSc1ccc2c(c1)OCCO2)N1CCN(C(=O)Nc2ccccc2)CC1. The molecule has 1 saturated heterocycles. The smallest absolute Gasteiger partial charge is 0.321 e. The number of carbonyl (C=O) groups is 2. The zero-order chi connectivity index (χ0) is 20.1. The van der Waals surface area contributed by atoms with Gasteiger partial charge in [-0.3, -0.25) is 4.79 Å². The number of piperazine rings is 1. The van der Waals surface area contributed by atoms with Crippen LogP contribution in [0.15, 0.2) is 53.4 Å². The summed E-state index contributed by atoms with van der Waals surface area (Å²) in [5.41, 5.74) is 0.770. The quantitative estimate of drug-likeness (QED) is 0.781. The average molecular weight is 413 g/mol. The van der Waals surface area contributed by atoms with Gasteiger partial charge in [0.2, 0.25) is 5.91 Å². The number of anilines is 1. The second kappa shape index (κ2) is 9.09. The predicted molar refractivity (Wildman–Crippen MR) is 112 cm³/mol. The standard InChI is InChI=1S/C21H23N3O4S/c25-20(15-29-17-6-7-18-19(14-17)28-13-12-27-18)23-8-10-24(11-9-23)21(26)22-16-4-2-1-3-5-16/h1-7,14H,8-13,15H2,(H,22,26). The lowest BCUT2D eigenvalue weighted by atomic mass is 10.3. The van der Waals surface area contributed by atoms with Gasteiger partial charge in [0.25, 0.3) is 0 Å². The molecule has 2 aliphatic rings. The molecule has 1 fully saturated rings. The fraction of sp³-hybridized carbons (Fsp3) is 0.333. The number of para-hydroxylation sites is 1. The highest BCUT2D eigenvalue weighted by Gasteiger charge is 2.24. The van der Waals surface area contributed by atoms with E-state index in [1.807, 2.05) is 53.4 Å². The highest BCUT2D eigenvalue weighted by Crippen LogP contribution is 2.34. The van der Waals surface area contributed by atoms with Gasteiger partial charge in [0.1, 0.15) is 13.2 Å². The van der Waals surface area contributed by atoms with Crippen molar-refractivity contribution in [2.45, 2.75) is 4.90 Å². The Hall–Kier alpha value is -2.87. The van der Waals surface area contributed by atoms with E-state index in [0.717, 1.165) is 22.1 Å². The van der Waals surface area contributed by atoms with Crippen molar-refractivity contribution in [2.75, 3.05) is 50.5 Å². The Morgan fingerprint density at radius 3 is 2.34 bits per heavy atom. The monoisotopic (exact) mass is 413 g/mol. The number of carbonyl (C=O) groups excluding carboxylic acids is 2. The van der Waals surface area contributed by atoms with Crippen molar-refractivity contribution in [3.8, 4) is 11.5 Å². The fourth-order valence-corrected chi connectivity index (χ4v) is 4.06. The minimum atomic E-state index is -0.131. The van der Waals surface area contributed by atoms with Crippen LogP contribution in [0.2, 0.25) is 0 Å². The van der Waals surface area contributed by atoms with Crippen LogP contribution in [-0.4, -0.2) is 66.9 Å². The molecule has 0 aliphatic carbocycles. The molecule has 7 nitrogen and oxygen atoms in total. The number of hydrogen-bond donors (Lipinski definition) is 1. The molecule has 1 N–H and O–H groups in total. The maximum absolute atomic E-state index is 12.6. The molecule has 0 atom stereocenters. The van der Waals surface area contributed by atoms with Gasteiger partial charge in [-0.15, -0.1) is 11.8 Å². The number of amides is 3. The van der Waals surface area contributed by atoms with Crippen LogP contribution in [0.25, 0.3) is 0 Å². The topological polar surface area (TPSA) is 71.1 Å². The molecule has 2 aliphatic heterocycles. The summed E-state index contributed by atoms with van der Waals surface area (Å²) in [5, 5.41) is 2.88.